The molecular weight excluding hydrogens is 318 g/mol. The maximum absolute atomic E-state index is 11.0. The van der Waals surface area contributed by atoms with Crippen LogP contribution in [-0.4, -0.2) is 63.3 Å². The Bertz CT molecular complexity index is 665. The topological polar surface area (TPSA) is 79.2 Å². The predicted octanol–water partition coefficient (Wildman–Crippen LogP) is 1.23. The first-order valence-corrected chi connectivity index (χ1v) is 8.75. The van der Waals surface area contributed by atoms with E-state index in [1.165, 1.54) is 6.92 Å². The summed E-state index contributed by atoms with van der Waals surface area (Å²) in [5, 5.41) is 7.00. The fourth-order valence-corrected chi connectivity index (χ4v) is 2.99. The van der Waals surface area contributed by atoms with Gasteiger partial charge in [0.1, 0.15) is 0 Å². The number of carbonyl (C=O) groups is 1. The number of hydrogen-bond donors (Lipinski definition) is 1. The number of nitrogens with zero attached hydrogens (tertiary/aromatic N) is 6. The van der Waals surface area contributed by atoms with E-state index in [9.17, 15) is 4.79 Å². The van der Waals surface area contributed by atoms with Gasteiger partial charge in [-0.3, -0.25) is 14.4 Å². The minimum absolute atomic E-state index is 0.0698. The second-order valence-electron chi connectivity index (χ2n) is 6.26. The van der Waals surface area contributed by atoms with Crippen LogP contribution in [0.2, 0.25) is 0 Å². The highest BCUT2D eigenvalue weighted by atomic mass is 16.1. The van der Waals surface area contributed by atoms with Crippen LogP contribution in [0.25, 0.3) is 0 Å². The molecule has 0 bridgehead atoms. The Hall–Kier alpha value is -2.48. The lowest BCUT2D eigenvalue weighted by atomic mass is 10.2. The van der Waals surface area contributed by atoms with Crippen LogP contribution in [0.5, 0.6) is 0 Å². The molecule has 3 rings (SSSR count). The summed E-state index contributed by atoms with van der Waals surface area (Å²) in [4.78, 5) is 24.4. The number of anilines is 2. The van der Waals surface area contributed by atoms with Crippen LogP contribution in [-0.2, 0) is 11.3 Å². The Morgan fingerprint density at radius 2 is 1.84 bits per heavy atom. The maximum atomic E-state index is 11.0. The molecule has 0 aliphatic carbocycles. The van der Waals surface area contributed by atoms with Crippen LogP contribution in [0.1, 0.15) is 19.8 Å². The molecule has 0 saturated carbocycles. The molecule has 0 spiro atoms. The number of nitrogens with one attached hydrogen (secondary N) is 1. The Morgan fingerprint density at radius 1 is 1.12 bits per heavy atom. The molecule has 8 heteroatoms. The van der Waals surface area contributed by atoms with Crippen LogP contribution in [0.4, 0.5) is 11.6 Å². The van der Waals surface area contributed by atoms with E-state index in [1.807, 2.05) is 16.9 Å². The predicted molar refractivity (Wildman–Crippen MR) is 96.4 cm³/mol. The molecule has 134 valence electrons. The molecule has 1 saturated heterocycles. The van der Waals surface area contributed by atoms with Gasteiger partial charge in [-0.05, 0) is 25.5 Å². The van der Waals surface area contributed by atoms with Crippen LogP contribution < -0.4 is 10.2 Å². The maximum Gasteiger partial charge on any atom is 0.225 e. The summed E-state index contributed by atoms with van der Waals surface area (Å²) in [6.07, 6.45) is 9.36. The third kappa shape index (κ3) is 5.25. The van der Waals surface area contributed by atoms with E-state index in [0.717, 1.165) is 63.7 Å². The van der Waals surface area contributed by atoms with Gasteiger partial charge in [-0.15, -0.1) is 0 Å². The number of amides is 1. The lowest BCUT2D eigenvalue weighted by Gasteiger charge is -2.34. The van der Waals surface area contributed by atoms with Gasteiger partial charge in [-0.25, -0.2) is 9.97 Å². The summed E-state index contributed by atoms with van der Waals surface area (Å²) in [6.45, 7) is 7.52. The molecule has 3 heterocycles. The van der Waals surface area contributed by atoms with E-state index in [1.54, 1.807) is 18.6 Å². The van der Waals surface area contributed by atoms with Gasteiger partial charge >= 0.3 is 0 Å². The van der Waals surface area contributed by atoms with Gasteiger partial charge in [0, 0.05) is 58.2 Å². The summed E-state index contributed by atoms with van der Waals surface area (Å²) < 4.78 is 1.88. The first kappa shape index (κ1) is 17.3. The highest BCUT2D eigenvalue weighted by Gasteiger charge is 2.18. The number of aryl methyl sites for hydroxylation is 1. The van der Waals surface area contributed by atoms with Gasteiger partial charge in [0.15, 0.2) is 0 Å². The Kier molecular flexibility index (Phi) is 5.95. The summed E-state index contributed by atoms with van der Waals surface area (Å²) in [5.41, 5.74) is 0.756. The fraction of sp³-hybridized carbons (Fsp3) is 0.529. The average molecular weight is 343 g/mol. The smallest absolute Gasteiger partial charge is 0.225 e. The molecule has 1 N–H and O–H groups in total. The number of rotatable bonds is 7. The zero-order valence-electron chi connectivity index (χ0n) is 14.6. The average Bonchev–Trinajstić information content (AvgIpc) is 3.06. The number of hydrogen-bond acceptors (Lipinski definition) is 6. The SMILES string of the molecule is CC(=O)Nc1cnn(CCCCN2CCN(c3ncccn3)CC2)c1. The van der Waals surface area contributed by atoms with Crippen molar-refractivity contribution in [3.05, 3.63) is 30.9 Å². The second-order valence-corrected chi connectivity index (χ2v) is 6.26. The van der Waals surface area contributed by atoms with Crippen LogP contribution in [0.15, 0.2) is 30.9 Å². The van der Waals surface area contributed by atoms with Crippen molar-refractivity contribution in [3.63, 3.8) is 0 Å². The molecule has 0 unspecified atom stereocenters. The largest absolute Gasteiger partial charge is 0.338 e. The zero-order chi connectivity index (χ0) is 17.5. The minimum Gasteiger partial charge on any atom is -0.338 e. The van der Waals surface area contributed by atoms with E-state index in [-0.39, 0.29) is 5.91 Å². The normalized spacial score (nSPS) is 15.3. The van der Waals surface area contributed by atoms with Gasteiger partial charge in [-0.1, -0.05) is 0 Å². The molecule has 1 aliphatic heterocycles. The molecule has 1 amide bonds. The number of piperazine rings is 1. The standard InChI is InChI=1S/C17H25N7O/c1-15(25)21-16-13-20-24(14-16)8-3-2-7-22-9-11-23(12-10-22)17-18-5-4-6-19-17/h4-6,13-14H,2-3,7-12H2,1H3,(H,21,25). The molecule has 0 aromatic carbocycles. The summed E-state index contributed by atoms with van der Waals surface area (Å²) in [7, 11) is 0. The third-order valence-corrected chi connectivity index (χ3v) is 4.27. The fourth-order valence-electron chi connectivity index (χ4n) is 2.99. The molecule has 8 nitrogen and oxygen atoms in total. The summed E-state index contributed by atoms with van der Waals surface area (Å²) >= 11 is 0. The highest BCUT2D eigenvalue weighted by molar-refractivity contribution is 5.88. The van der Waals surface area contributed by atoms with Gasteiger partial charge in [-0.2, -0.15) is 5.10 Å². The molecule has 25 heavy (non-hydrogen) atoms. The van der Waals surface area contributed by atoms with Crippen molar-refractivity contribution < 1.29 is 4.79 Å². The van der Waals surface area contributed by atoms with Crippen molar-refractivity contribution >= 4 is 17.5 Å². The monoisotopic (exact) mass is 343 g/mol. The van der Waals surface area contributed by atoms with Crippen LogP contribution in [0.3, 0.4) is 0 Å². The molecule has 0 atom stereocenters. The van der Waals surface area contributed by atoms with Crippen molar-refractivity contribution in [1.82, 2.24) is 24.6 Å². The van der Waals surface area contributed by atoms with Crippen LogP contribution in [0, 0.1) is 0 Å². The second kappa shape index (κ2) is 8.57. The van der Waals surface area contributed by atoms with Crippen LogP contribution >= 0.6 is 0 Å². The van der Waals surface area contributed by atoms with Crippen molar-refractivity contribution in [2.45, 2.75) is 26.3 Å². The van der Waals surface area contributed by atoms with Crippen molar-refractivity contribution in [2.75, 3.05) is 42.9 Å². The van der Waals surface area contributed by atoms with Gasteiger partial charge in [0.2, 0.25) is 11.9 Å². The molecule has 0 radical (unpaired) electrons. The Morgan fingerprint density at radius 3 is 2.56 bits per heavy atom. The molecule has 1 aliphatic rings. The lowest BCUT2D eigenvalue weighted by Crippen LogP contribution is -2.47. The quantitative estimate of drug-likeness (QED) is 0.762. The first-order valence-electron chi connectivity index (χ1n) is 8.75. The first-order chi connectivity index (χ1) is 12.2. The van der Waals surface area contributed by atoms with E-state index in [4.69, 9.17) is 0 Å². The molecule has 2 aromatic heterocycles. The summed E-state index contributed by atoms with van der Waals surface area (Å²) in [6, 6.07) is 1.85. The minimum atomic E-state index is -0.0698. The molecular formula is C17H25N7O. The van der Waals surface area contributed by atoms with Crippen molar-refractivity contribution in [3.8, 4) is 0 Å². The molecule has 1 fully saturated rings. The number of carbonyl (C=O) groups excluding carboxylic acids is 1. The van der Waals surface area contributed by atoms with E-state index < -0.39 is 0 Å². The molecule has 2 aromatic rings. The van der Waals surface area contributed by atoms with E-state index in [2.05, 4.69) is 30.2 Å². The third-order valence-electron chi connectivity index (χ3n) is 4.27. The Labute approximate surface area is 147 Å². The van der Waals surface area contributed by atoms with Gasteiger partial charge in [0.05, 0.1) is 11.9 Å². The Balaban J connectivity index is 1.32. The van der Waals surface area contributed by atoms with E-state index >= 15 is 0 Å². The van der Waals surface area contributed by atoms with Crippen molar-refractivity contribution in [2.24, 2.45) is 0 Å². The van der Waals surface area contributed by atoms with E-state index in [0.29, 0.717) is 0 Å². The van der Waals surface area contributed by atoms with Gasteiger partial charge in [0.25, 0.3) is 0 Å². The number of aromatic nitrogens is 4. The van der Waals surface area contributed by atoms with Crippen molar-refractivity contribution in [1.29, 1.82) is 0 Å². The van der Waals surface area contributed by atoms with Gasteiger partial charge < -0.3 is 10.2 Å². The number of unbranched alkanes of at least 4 members (excludes halogenated alkanes) is 1. The summed E-state index contributed by atoms with van der Waals surface area (Å²) in [5.74, 6) is 0.760. The highest BCUT2D eigenvalue weighted by Crippen LogP contribution is 2.11. The zero-order valence-corrected chi connectivity index (χ0v) is 14.6. The lowest BCUT2D eigenvalue weighted by molar-refractivity contribution is -0.114.